The van der Waals surface area contributed by atoms with Crippen molar-refractivity contribution in [3.05, 3.63) is 33.9 Å². The smallest absolute Gasteiger partial charge is 0.270 e. The number of hydrogen-bond donors (Lipinski definition) is 0. The van der Waals surface area contributed by atoms with E-state index in [0.717, 1.165) is 28.3 Å². The zero-order valence-corrected chi connectivity index (χ0v) is 21.7. The third-order valence-electron chi connectivity index (χ3n) is 8.55. The van der Waals surface area contributed by atoms with E-state index in [4.69, 9.17) is 4.74 Å². The summed E-state index contributed by atoms with van der Waals surface area (Å²) in [5.41, 5.74) is 3.65. The van der Waals surface area contributed by atoms with E-state index in [1.807, 2.05) is 12.1 Å². The van der Waals surface area contributed by atoms with Crippen molar-refractivity contribution in [2.45, 2.75) is 133 Å². The van der Waals surface area contributed by atoms with Gasteiger partial charge in [0.2, 0.25) is 0 Å². The molecule has 0 amide bonds. The molecule has 0 aromatic heterocycles. The Morgan fingerprint density at radius 3 is 1.70 bits per heavy atom. The van der Waals surface area contributed by atoms with E-state index >= 15 is 0 Å². The van der Waals surface area contributed by atoms with Crippen LogP contribution in [-0.2, 0) is 0 Å². The van der Waals surface area contributed by atoms with Gasteiger partial charge in [0, 0.05) is 17.7 Å². The molecule has 4 nitrogen and oxygen atoms in total. The van der Waals surface area contributed by atoms with Crippen LogP contribution in [0.1, 0.15) is 116 Å². The summed E-state index contributed by atoms with van der Waals surface area (Å²) >= 11 is 0. The quantitative estimate of drug-likeness (QED) is 0.226. The van der Waals surface area contributed by atoms with E-state index in [-0.39, 0.29) is 16.7 Å². The molecule has 3 aliphatic rings. The highest BCUT2D eigenvalue weighted by molar-refractivity contribution is 7.77. The van der Waals surface area contributed by atoms with Gasteiger partial charge in [-0.15, -0.1) is 0 Å². The summed E-state index contributed by atoms with van der Waals surface area (Å²) in [6, 6.07) is 5.32. The van der Waals surface area contributed by atoms with E-state index in [1.165, 1.54) is 96.3 Å². The minimum atomic E-state index is -1.49. The maximum absolute atomic E-state index is 11.7. The summed E-state index contributed by atoms with van der Waals surface area (Å²) < 4.78 is 6.25. The first-order valence-corrected chi connectivity index (χ1v) is 15.8. The highest BCUT2D eigenvalue weighted by atomic mass is 31.2. The summed E-state index contributed by atoms with van der Waals surface area (Å²) in [6.45, 7) is 2.61. The lowest BCUT2D eigenvalue weighted by molar-refractivity contribution is -0.384. The van der Waals surface area contributed by atoms with Crippen molar-refractivity contribution in [3.63, 3.8) is 0 Å². The van der Waals surface area contributed by atoms with Gasteiger partial charge < -0.3 is 4.74 Å². The van der Waals surface area contributed by atoms with Crippen molar-refractivity contribution in [2.75, 3.05) is 0 Å². The molecule has 3 saturated carbocycles. The lowest BCUT2D eigenvalue weighted by Crippen LogP contribution is -2.33. The molecule has 0 unspecified atom stereocenters. The molecule has 184 valence electrons. The number of non-ortho nitro benzene ring substituents is 1. The van der Waals surface area contributed by atoms with Crippen LogP contribution in [0.5, 0.6) is 5.75 Å². The minimum absolute atomic E-state index is 0.0605. The fraction of sp³-hybridized carbons (Fsp3) is 0.750. The van der Waals surface area contributed by atoms with Gasteiger partial charge in [-0.1, -0.05) is 70.5 Å². The minimum Gasteiger partial charge on any atom is -0.490 e. The summed E-state index contributed by atoms with van der Waals surface area (Å²) in [5, 5.41) is 11.7. The molecule has 5 heteroatoms. The Labute approximate surface area is 201 Å². The summed E-state index contributed by atoms with van der Waals surface area (Å²) in [5.74, 6) is 3.52. The van der Waals surface area contributed by atoms with Gasteiger partial charge in [-0.05, 0) is 75.4 Å². The Morgan fingerprint density at radius 2 is 1.30 bits per heavy atom. The van der Waals surface area contributed by atoms with Crippen LogP contribution in [-0.4, -0.2) is 33.8 Å². The number of benzene rings is 1. The monoisotopic (exact) mass is 473 g/mol. The molecule has 4 rings (SSSR count). The van der Waals surface area contributed by atoms with E-state index in [0.29, 0.717) is 0 Å². The molecule has 0 bridgehead atoms. The van der Waals surface area contributed by atoms with Gasteiger partial charge in [0.15, 0.2) is 0 Å². The normalized spacial score (nSPS) is 21.8. The van der Waals surface area contributed by atoms with Gasteiger partial charge in [-0.2, -0.15) is 0 Å². The number of hydrogen-bond acceptors (Lipinski definition) is 3. The van der Waals surface area contributed by atoms with Crippen LogP contribution in [0.4, 0.5) is 5.69 Å². The molecule has 1 aromatic carbocycles. The van der Waals surface area contributed by atoms with Crippen LogP contribution in [0, 0.1) is 10.1 Å². The summed E-state index contributed by atoms with van der Waals surface area (Å²) in [4.78, 5) is 11.5. The van der Waals surface area contributed by atoms with E-state index in [9.17, 15) is 10.1 Å². The molecule has 3 aliphatic carbocycles. The van der Waals surface area contributed by atoms with Gasteiger partial charge >= 0.3 is 0 Å². The molecule has 33 heavy (non-hydrogen) atoms. The van der Waals surface area contributed by atoms with Crippen LogP contribution in [0.25, 0.3) is 0 Å². The van der Waals surface area contributed by atoms with Crippen LogP contribution < -0.4 is 4.74 Å². The number of nitro benzene ring substituents is 1. The first-order valence-electron chi connectivity index (χ1n) is 13.7. The standard InChI is InChI=1S/C28H44NO3P/c1-22(2)32-28-19-18-24(29(30)31)20-23(28)21-33(25-12-6-3-7-13-25,26-14-8-4-9-15-26)27-16-10-5-11-17-27/h18-22,25-27H,3-17H2,1-2H3. The Balaban J connectivity index is 1.92. The van der Waals surface area contributed by atoms with Crippen LogP contribution in [0.3, 0.4) is 0 Å². The molecule has 0 N–H and O–H groups in total. The summed E-state index contributed by atoms with van der Waals surface area (Å²) in [7, 11) is 0. The van der Waals surface area contributed by atoms with E-state index in [2.05, 4.69) is 19.6 Å². The second-order valence-electron chi connectivity index (χ2n) is 11.0. The highest BCUT2D eigenvalue weighted by Crippen LogP contribution is 2.69. The van der Waals surface area contributed by atoms with E-state index < -0.39 is 6.89 Å². The first-order chi connectivity index (χ1) is 16.0. The van der Waals surface area contributed by atoms with Crippen molar-refractivity contribution in [1.29, 1.82) is 0 Å². The molecule has 0 spiro atoms. The van der Waals surface area contributed by atoms with Crippen molar-refractivity contribution in [1.82, 2.24) is 0 Å². The van der Waals surface area contributed by atoms with Gasteiger partial charge in [0.1, 0.15) is 5.75 Å². The number of nitrogens with zero attached hydrogens (tertiary/aromatic N) is 1. The highest BCUT2D eigenvalue weighted by Gasteiger charge is 2.42. The molecular formula is C28H44NO3P. The predicted molar refractivity (Wildman–Crippen MR) is 142 cm³/mol. The zero-order valence-electron chi connectivity index (χ0n) is 20.8. The summed E-state index contributed by atoms with van der Waals surface area (Å²) in [6.07, 6.45) is 20.6. The Morgan fingerprint density at radius 1 is 0.848 bits per heavy atom. The van der Waals surface area contributed by atoms with Gasteiger partial charge in [0.25, 0.3) is 5.69 Å². The van der Waals surface area contributed by atoms with Gasteiger partial charge in [-0.25, -0.2) is 0 Å². The SMILES string of the molecule is CC(C)Oc1ccc([N+](=O)[O-])cc1C=P(C1CCCCC1)(C1CCCCC1)C1CCCCC1. The first kappa shape index (κ1) is 24.8. The molecule has 1 aromatic rings. The molecule has 0 radical (unpaired) electrons. The van der Waals surface area contributed by atoms with Crippen molar-refractivity contribution in [3.8, 4) is 5.75 Å². The maximum atomic E-state index is 11.7. The number of ether oxygens (including phenoxy) is 1. The maximum Gasteiger partial charge on any atom is 0.270 e. The number of rotatable bonds is 7. The molecule has 3 fully saturated rings. The molecular weight excluding hydrogens is 429 g/mol. The number of nitro groups is 1. The fourth-order valence-electron chi connectivity index (χ4n) is 7.15. The lowest BCUT2D eigenvalue weighted by Gasteiger charge is -2.50. The molecule has 0 atom stereocenters. The topological polar surface area (TPSA) is 52.4 Å². The predicted octanol–water partition coefficient (Wildman–Crippen LogP) is 8.55. The van der Waals surface area contributed by atoms with Crippen LogP contribution in [0.2, 0.25) is 0 Å². The van der Waals surface area contributed by atoms with E-state index in [1.54, 1.807) is 6.07 Å². The van der Waals surface area contributed by atoms with Crippen molar-refractivity contribution in [2.24, 2.45) is 0 Å². The molecule has 0 aliphatic heterocycles. The Bertz CT molecular complexity index is 794. The van der Waals surface area contributed by atoms with Crippen LogP contribution >= 0.6 is 6.89 Å². The van der Waals surface area contributed by atoms with Crippen molar-refractivity contribution < 1.29 is 9.66 Å². The van der Waals surface area contributed by atoms with Crippen molar-refractivity contribution >= 4 is 18.4 Å². The second kappa shape index (κ2) is 11.4. The van der Waals surface area contributed by atoms with Gasteiger partial charge in [0.05, 0.1) is 11.0 Å². The average molecular weight is 474 g/mol. The zero-order chi connectivity index (χ0) is 23.3. The Hall–Kier alpha value is -1.28. The third kappa shape index (κ3) is 5.69. The Kier molecular flexibility index (Phi) is 8.60. The lowest BCUT2D eigenvalue weighted by atomic mass is 9.99. The largest absolute Gasteiger partial charge is 0.490 e. The molecule has 0 heterocycles. The second-order valence-corrected chi connectivity index (χ2v) is 15.3. The fourth-order valence-corrected chi connectivity index (χ4v) is 14.0. The van der Waals surface area contributed by atoms with Crippen LogP contribution in [0.15, 0.2) is 18.2 Å². The molecule has 0 saturated heterocycles. The third-order valence-corrected chi connectivity index (χ3v) is 14.6. The van der Waals surface area contributed by atoms with Gasteiger partial charge in [-0.3, -0.25) is 10.1 Å². The average Bonchev–Trinajstić information content (AvgIpc) is 2.84.